The molecule has 18 heavy (non-hydrogen) atoms. The van der Waals surface area contributed by atoms with Crippen molar-refractivity contribution in [3.8, 4) is 11.8 Å². The van der Waals surface area contributed by atoms with Crippen molar-refractivity contribution in [2.24, 2.45) is 0 Å². The highest BCUT2D eigenvalue weighted by atomic mass is 16.5. The van der Waals surface area contributed by atoms with E-state index in [9.17, 15) is 0 Å². The zero-order valence-corrected chi connectivity index (χ0v) is 10.2. The van der Waals surface area contributed by atoms with Crippen molar-refractivity contribution in [3.05, 3.63) is 47.3 Å². The van der Waals surface area contributed by atoms with Crippen LogP contribution in [-0.2, 0) is 6.42 Å². The van der Waals surface area contributed by atoms with Crippen LogP contribution in [0.5, 0.6) is 5.75 Å². The first-order chi connectivity index (χ1) is 8.79. The Morgan fingerprint density at radius 3 is 2.72 bits per heavy atom. The van der Waals surface area contributed by atoms with E-state index >= 15 is 0 Å². The van der Waals surface area contributed by atoms with Crippen LogP contribution < -0.4 is 4.74 Å². The summed E-state index contributed by atoms with van der Waals surface area (Å²) in [5.41, 5.74) is 2.70. The highest BCUT2D eigenvalue weighted by molar-refractivity contribution is 5.34. The maximum absolute atomic E-state index is 8.67. The van der Waals surface area contributed by atoms with E-state index in [0.29, 0.717) is 12.2 Å². The van der Waals surface area contributed by atoms with Gasteiger partial charge in [0.05, 0.1) is 23.9 Å². The number of rotatable bonds is 5. The van der Waals surface area contributed by atoms with Gasteiger partial charge in [-0.3, -0.25) is 0 Å². The van der Waals surface area contributed by atoms with Crippen LogP contribution in [0.2, 0.25) is 0 Å². The Morgan fingerprint density at radius 2 is 2.11 bits per heavy atom. The van der Waals surface area contributed by atoms with Crippen LogP contribution in [0, 0.1) is 18.3 Å². The number of ether oxygens (including phenoxy) is 1. The van der Waals surface area contributed by atoms with Crippen LogP contribution in [0.25, 0.3) is 0 Å². The predicted molar refractivity (Wildman–Crippen MR) is 66.2 cm³/mol. The van der Waals surface area contributed by atoms with Gasteiger partial charge < -0.3 is 9.26 Å². The summed E-state index contributed by atoms with van der Waals surface area (Å²) in [5.74, 6) is 0.788. The topological polar surface area (TPSA) is 59.1 Å². The molecule has 4 heteroatoms. The predicted octanol–water partition coefficient (Wildman–Crippen LogP) is 2.87. The molecule has 0 amide bonds. The van der Waals surface area contributed by atoms with Gasteiger partial charge in [-0.05, 0) is 44.0 Å². The van der Waals surface area contributed by atoms with E-state index in [1.165, 1.54) is 0 Å². The molecule has 0 bridgehead atoms. The lowest BCUT2D eigenvalue weighted by Gasteiger charge is -2.05. The minimum atomic E-state index is 0.635. The Bertz CT molecular complexity index is 538. The second-order valence-electron chi connectivity index (χ2n) is 4.01. The molecule has 0 atom stereocenters. The van der Waals surface area contributed by atoms with Gasteiger partial charge in [-0.15, -0.1) is 0 Å². The van der Waals surface area contributed by atoms with Gasteiger partial charge in [-0.1, -0.05) is 5.16 Å². The summed E-state index contributed by atoms with van der Waals surface area (Å²) in [7, 11) is 0. The van der Waals surface area contributed by atoms with E-state index < -0.39 is 0 Å². The number of aromatic nitrogens is 1. The third-order valence-electron chi connectivity index (χ3n) is 2.69. The van der Waals surface area contributed by atoms with E-state index in [-0.39, 0.29) is 0 Å². The molecule has 1 aromatic carbocycles. The molecule has 0 unspecified atom stereocenters. The lowest BCUT2D eigenvalue weighted by Crippen LogP contribution is -1.99. The molecule has 2 aromatic rings. The highest BCUT2D eigenvalue weighted by Gasteiger charge is 2.02. The highest BCUT2D eigenvalue weighted by Crippen LogP contribution is 2.13. The Balaban J connectivity index is 1.75. The number of hydrogen-bond donors (Lipinski definition) is 0. The molecule has 1 aromatic heterocycles. The minimum Gasteiger partial charge on any atom is -0.494 e. The summed E-state index contributed by atoms with van der Waals surface area (Å²) in [5, 5.41) is 12.5. The second kappa shape index (κ2) is 5.87. The molecule has 0 aliphatic heterocycles. The molecule has 0 saturated heterocycles. The average molecular weight is 242 g/mol. The fourth-order valence-electron chi connectivity index (χ4n) is 1.63. The third kappa shape index (κ3) is 3.11. The van der Waals surface area contributed by atoms with Crippen molar-refractivity contribution >= 4 is 0 Å². The number of benzene rings is 1. The zero-order valence-electron chi connectivity index (χ0n) is 10.2. The maximum Gasteiger partial charge on any atom is 0.127 e. The number of nitriles is 1. The number of hydrogen-bond acceptors (Lipinski definition) is 4. The SMILES string of the molecule is Cc1nocc1CCCOc1ccc(C#N)cc1. The van der Waals surface area contributed by atoms with Crippen LogP contribution >= 0.6 is 0 Å². The normalized spacial score (nSPS) is 10.0. The molecule has 0 radical (unpaired) electrons. The summed E-state index contributed by atoms with van der Waals surface area (Å²) in [4.78, 5) is 0. The maximum atomic E-state index is 8.67. The van der Waals surface area contributed by atoms with Gasteiger partial charge in [0.1, 0.15) is 12.0 Å². The third-order valence-corrected chi connectivity index (χ3v) is 2.69. The Hall–Kier alpha value is -2.28. The van der Waals surface area contributed by atoms with Crippen LogP contribution in [-0.4, -0.2) is 11.8 Å². The summed E-state index contributed by atoms with van der Waals surface area (Å²) in [6.07, 6.45) is 3.48. The molecular formula is C14H14N2O2. The van der Waals surface area contributed by atoms with E-state index in [2.05, 4.69) is 11.2 Å². The van der Waals surface area contributed by atoms with Crippen molar-refractivity contribution in [2.45, 2.75) is 19.8 Å². The van der Waals surface area contributed by atoms with Gasteiger partial charge in [0, 0.05) is 5.56 Å². The van der Waals surface area contributed by atoms with E-state index in [4.69, 9.17) is 14.5 Å². The Labute approximate surface area is 106 Å². The lowest BCUT2D eigenvalue weighted by atomic mass is 10.1. The smallest absolute Gasteiger partial charge is 0.127 e. The summed E-state index contributed by atoms with van der Waals surface area (Å²) >= 11 is 0. The molecule has 0 fully saturated rings. The first-order valence-electron chi connectivity index (χ1n) is 5.82. The quantitative estimate of drug-likeness (QED) is 0.756. The summed E-state index contributed by atoms with van der Waals surface area (Å²) in [6, 6.07) is 9.19. The molecule has 92 valence electrons. The molecule has 2 rings (SSSR count). The first kappa shape index (κ1) is 12.2. The molecule has 0 spiro atoms. The molecule has 0 N–H and O–H groups in total. The van der Waals surface area contributed by atoms with E-state index in [1.54, 1.807) is 18.4 Å². The zero-order chi connectivity index (χ0) is 12.8. The standard InChI is InChI=1S/C14H14N2O2/c1-11-13(10-18-16-11)3-2-8-17-14-6-4-12(9-15)5-7-14/h4-7,10H,2-3,8H2,1H3. The molecule has 0 aliphatic carbocycles. The van der Waals surface area contributed by atoms with Gasteiger partial charge >= 0.3 is 0 Å². The van der Waals surface area contributed by atoms with Crippen LogP contribution in [0.3, 0.4) is 0 Å². The summed E-state index contributed by atoms with van der Waals surface area (Å²) < 4.78 is 10.4. The molecule has 0 saturated carbocycles. The van der Waals surface area contributed by atoms with Crippen molar-refractivity contribution in [1.82, 2.24) is 5.16 Å². The van der Waals surface area contributed by atoms with Crippen LogP contribution in [0.15, 0.2) is 35.1 Å². The van der Waals surface area contributed by atoms with Crippen molar-refractivity contribution in [1.29, 1.82) is 5.26 Å². The van der Waals surface area contributed by atoms with Crippen LogP contribution in [0.1, 0.15) is 23.2 Å². The minimum absolute atomic E-state index is 0.635. The summed E-state index contributed by atoms with van der Waals surface area (Å²) in [6.45, 7) is 2.57. The lowest BCUT2D eigenvalue weighted by molar-refractivity contribution is 0.311. The molecule has 4 nitrogen and oxygen atoms in total. The van der Waals surface area contributed by atoms with Gasteiger partial charge in [0.2, 0.25) is 0 Å². The van der Waals surface area contributed by atoms with Crippen molar-refractivity contribution in [2.75, 3.05) is 6.61 Å². The fraction of sp³-hybridized carbons (Fsp3) is 0.286. The molecular weight excluding hydrogens is 228 g/mol. The fourth-order valence-corrected chi connectivity index (χ4v) is 1.63. The van der Waals surface area contributed by atoms with Crippen LogP contribution in [0.4, 0.5) is 0 Å². The van der Waals surface area contributed by atoms with Crippen molar-refractivity contribution < 1.29 is 9.26 Å². The van der Waals surface area contributed by atoms with Gasteiger partial charge in [-0.25, -0.2) is 0 Å². The van der Waals surface area contributed by atoms with E-state index in [0.717, 1.165) is 29.8 Å². The van der Waals surface area contributed by atoms with Gasteiger partial charge in [0.25, 0.3) is 0 Å². The molecule has 0 aliphatic rings. The first-order valence-corrected chi connectivity index (χ1v) is 5.82. The second-order valence-corrected chi connectivity index (χ2v) is 4.01. The number of nitrogens with zero attached hydrogens (tertiary/aromatic N) is 2. The molecule has 1 heterocycles. The monoisotopic (exact) mass is 242 g/mol. The average Bonchev–Trinajstić information content (AvgIpc) is 2.81. The van der Waals surface area contributed by atoms with Gasteiger partial charge in [0.15, 0.2) is 0 Å². The Kier molecular flexibility index (Phi) is 3.98. The van der Waals surface area contributed by atoms with Crippen molar-refractivity contribution in [3.63, 3.8) is 0 Å². The largest absolute Gasteiger partial charge is 0.494 e. The Morgan fingerprint density at radius 1 is 1.33 bits per heavy atom. The number of aryl methyl sites for hydroxylation is 2. The van der Waals surface area contributed by atoms with Gasteiger partial charge in [-0.2, -0.15) is 5.26 Å². The van der Waals surface area contributed by atoms with E-state index in [1.807, 2.05) is 19.1 Å².